The number of hydrogen-bond acceptors (Lipinski definition) is 6. The second-order valence-corrected chi connectivity index (χ2v) is 6.08. The standard InChI is InChI=1S/C20H15FN6O2/c1-27-19(24-25-26-27)18-10-7-13(12-22-18)16-9-8-14(11-17(16)21)23-20(28)29-15-5-3-2-4-6-15/h2-12H,1H3,(H,23,28). The maximum Gasteiger partial charge on any atom is 0.417 e. The molecular formula is C20H15FN6O2. The van der Waals surface area contributed by atoms with Gasteiger partial charge in [-0.15, -0.1) is 5.10 Å². The van der Waals surface area contributed by atoms with Crippen LogP contribution in [0.2, 0.25) is 0 Å². The van der Waals surface area contributed by atoms with Crippen molar-refractivity contribution in [3.63, 3.8) is 0 Å². The number of nitrogens with zero attached hydrogens (tertiary/aromatic N) is 5. The molecule has 0 aliphatic rings. The zero-order valence-corrected chi connectivity index (χ0v) is 15.3. The van der Waals surface area contributed by atoms with Crippen molar-refractivity contribution in [2.24, 2.45) is 7.05 Å². The molecule has 1 amide bonds. The number of para-hydroxylation sites is 1. The summed E-state index contributed by atoms with van der Waals surface area (Å²) in [7, 11) is 1.71. The van der Waals surface area contributed by atoms with E-state index < -0.39 is 11.9 Å². The second-order valence-electron chi connectivity index (χ2n) is 6.08. The fraction of sp³-hybridized carbons (Fsp3) is 0.0500. The SMILES string of the molecule is Cn1nnnc1-c1ccc(-c2ccc(NC(=O)Oc3ccccc3)cc2F)cn1. The molecule has 0 atom stereocenters. The number of halogens is 1. The van der Waals surface area contributed by atoms with Crippen LogP contribution in [0.3, 0.4) is 0 Å². The zero-order chi connectivity index (χ0) is 20.2. The highest BCUT2D eigenvalue weighted by Crippen LogP contribution is 2.26. The molecule has 8 nitrogen and oxygen atoms in total. The largest absolute Gasteiger partial charge is 0.417 e. The van der Waals surface area contributed by atoms with E-state index in [1.807, 2.05) is 6.07 Å². The predicted molar refractivity (Wildman–Crippen MR) is 104 cm³/mol. The van der Waals surface area contributed by atoms with Crippen molar-refractivity contribution in [1.29, 1.82) is 0 Å². The van der Waals surface area contributed by atoms with E-state index in [1.54, 1.807) is 61.8 Å². The molecule has 0 fully saturated rings. The number of nitrogens with one attached hydrogen (secondary N) is 1. The van der Waals surface area contributed by atoms with Crippen molar-refractivity contribution in [2.45, 2.75) is 0 Å². The van der Waals surface area contributed by atoms with Gasteiger partial charge < -0.3 is 4.74 Å². The summed E-state index contributed by atoms with van der Waals surface area (Å²) < 4.78 is 21.2. The molecule has 0 saturated heterocycles. The van der Waals surface area contributed by atoms with E-state index in [0.29, 0.717) is 28.4 Å². The van der Waals surface area contributed by atoms with Crippen LogP contribution in [0, 0.1) is 5.82 Å². The van der Waals surface area contributed by atoms with Crippen LogP contribution in [0.4, 0.5) is 14.9 Å². The summed E-state index contributed by atoms with van der Waals surface area (Å²) in [6.45, 7) is 0. The van der Waals surface area contributed by atoms with E-state index in [-0.39, 0.29) is 5.69 Å². The summed E-state index contributed by atoms with van der Waals surface area (Å²) in [5.41, 5.74) is 1.78. The molecule has 9 heteroatoms. The molecule has 1 N–H and O–H groups in total. The van der Waals surface area contributed by atoms with Gasteiger partial charge >= 0.3 is 6.09 Å². The third-order valence-electron chi connectivity index (χ3n) is 4.09. The fourth-order valence-corrected chi connectivity index (χ4v) is 2.70. The Labute approximate surface area is 165 Å². The lowest BCUT2D eigenvalue weighted by Gasteiger charge is -2.09. The molecule has 0 aliphatic carbocycles. The third kappa shape index (κ3) is 4.08. The summed E-state index contributed by atoms with van der Waals surface area (Å²) in [6, 6.07) is 16.4. The molecule has 4 rings (SSSR count). The van der Waals surface area contributed by atoms with Crippen LogP contribution < -0.4 is 10.1 Å². The number of amides is 1. The Hall–Kier alpha value is -4.14. The maximum absolute atomic E-state index is 14.6. The van der Waals surface area contributed by atoms with Crippen LogP contribution in [0.5, 0.6) is 5.75 Å². The summed E-state index contributed by atoms with van der Waals surface area (Å²) in [5, 5.41) is 13.7. The Morgan fingerprint density at radius 3 is 2.59 bits per heavy atom. The molecule has 0 aliphatic heterocycles. The third-order valence-corrected chi connectivity index (χ3v) is 4.09. The van der Waals surface area contributed by atoms with Gasteiger partial charge in [-0.2, -0.15) is 0 Å². The van der Waals surface area contributed by atoms with Crippen LogP contribution in [-0.4, -0.2) is 31.3 Å². The Kier molecular flexibility index (Phi) is 4.93. The van der Waals surface area contributed by atoms with Gasteiger partial charge in [-0.05, 0) is 46.8 Å². The summed E-state index contributed by atoms with van der Waals surface area (Å²) in [5.74, 6) is 0.400. The van der Waals surface area contributed by atoms with Crippen molar-refractivity contribution < 1.29 is 13.9 Å². The molecule has 29 heavy (non-hydrogen) atoms. The number of carbonyl (C=O) groups excluding carboxylic acids is 1. The first-order valence-electron chi connectivity index (χ1n) is 8.63. The maximum atomic E-state index is 14.6. The highest BCUT2D eigenvalue weighted by Gasteiger charge is 2.12. The number of tetrazole rings is 1. The first-order valence-corrected chi connectivity index (χ1v) is 8.63. The molecule has 2 heterocycles. The number of aromatic nitrogens is 5. The van der Waals surface area contributed by atoms with E-state index in [2.05, 4.69) is 25.8 Å². The number of pyridine rings is 1. The van der Waals surface area contributed by atoms with E-state index >= 15 is 0 Å². The number of benzene rings is 2. The van der Waals surface area contributed by atoms with E-state index in [1.165, 1.54) is 10.7 Å². The number of carbonyl (C=O) groups is 1. The summed E-state index contributed by atoms with van der Waals surface area (Å²) in [4.78, 5) is 16.2. The van der Waals surface area contributed by atoms with Crippen LogP contribution in [0.15, 0.2) is 66.9 Å². The molecule has 2 aromatic heterocycles. The number of anilines is 1. The second kappa shape index (κ2) is 7.85. The predicted octanol–water partition coefficient (Wildman–Crippen LogP) is 3.69. The lowest BCUT2D eigenvalue weighted by atomic mass is 10.1. The minimum absolute atomic E-state index is 0.280. The number of hydrogen-bond donors (Lipinski definition) is 1. The first-order chi connectivity index (χ1) is 14.1. The van der Waals surface area contributed by atoms with Crippen molar-refractivity contribution in [2.75, 3.05) is 5.32 Å². The average molecular weight is 390 g/mol. The van der Waals surface area contributed by atoms with Gasteiger partial charge in [-0.1, -0.05) is 24.3 Å². The average Bonchev–Trinajstić information content (AvgIpc) is 3.15. The number of rotatable bonds is 4. The normalized spacial score (nSPS) is 10.6. The highest BCUT2D eigenvalue weighted by atomic mass is 19.1. The lowest BCUT2D eigenvalue weighted by molar-refractivity contribution is 0.215. The molecular weight excluding hydrogens is 375 g/mol. The minimum Gasteiger partial charge on any atom is -0.410 e. The van der Waals surface area contributed by atoms with E-state index in [4.69, 9.17) is 4.74 Å². The topological polar surface area (TPSA) is 94.8 Å². The van der Waals surface area contributed by atoms with Crippen LogP contribution >= 0.6 is 0 Å². The van der Waals surface area contributed by atoms with Crippen LogP contribution in [-0.2, 0) is 7.05 Å². The van der Waals surface area contributed by atoms with Gasteiger partial charge in [0.25, 0.3) is 0 Å². The number of aryl methyl sites for hydroxylation is 1. The molecule has 0 unspecified atom stereocenters. The molecule has 144 valence electrons. The quantitative estimate of drug-likeness (QED) is 0.571. The fourth-order valence-electron chi connectivity index (χ4n) is 2.70. The molecule has 4 aromatic rings. The van der Waals surface area contributed by atoms with Crippen molar-refractivity contribution in [3.8, 4) is 28.4 Å². The van der Waals surface area contributed by atoms with Gasteiger partial charge in [0.2, 0.25) is 0 Å². The van der Waals surface area contributed by atoms with Crippen LogP contribution in [0.1, 0.15) is 0 Å². The van der Waals surface area contributed by atoms with Crippen molar-refractivity contribution in [3.05, 3.63) is 72.7 Å². The first kappa shape index (κ1) is 18.2. The van der Waals surface area contributed by atoms with Gasteiger partial charge in [0.15, 0.2) is 5.82 Å². The van der Waals surface area contributed by atoms with Crippen molar-refractivity contribution >= 4 is 11.8 Å². The Balaban J connectivity index is 1.48. The summed E-state index contributed by atoms with van der Waals surface area (Å²) >= 11 is 0. The lowest BCUT2D eigenvalue weighted by Crippen LogP contribution is -2.16. The smallest absolute Gasteiger partial charge is 0.410 e. The van der Waals surface area contributed by atoms with Crippen molar-refractivity contribution in [1.82, 2.24) is 25.2 Å². The van der Waals surface area contributed by atoms with Gasteiger partial charge in [0, 0.05) is 30.1 Å². The van der Waals surface area contributed by atoms with Crippen LogP contribution in [0.25, 0.3) is 22.6 Å². The Morgan fingerprint density at radius 2 is 1.93 bits per heavy atom. The monoisotopic (exact) mass is 390 g/mol. The molecule has 0 saturated carbocycles. The van der Waals surface area contributed by atoms with Gasteiger partial charge in [-0.3, -0.25) is 10.3 Å². The Bertz CT molecular complexity index is 1150. The van der Waals surface area contributed by atoms with Gasteiger partial charge in [0.05, 0.1) is 0 Å². The molecule has 0 radical (unpaired) electrons. The molecule has 2 aromatic carbocycles. The molecule has 0 bridgehead atoms. The molecule has 0 spiro atoms. The van der Waals surface area contributed by atoms with E-state index in [0.717, 1.165) is 0 Å². The highest BCUT2D eigenvalue weighted by molar-refractivity contribution is 5.86. The zero-order valence-electron chi connectivity index (χ0n) is 15.3. The van der Waals surface area contributed by atoms with E-state index in [9.17, 15) is 9.18 Å². The Morgan fingerprint density at radius 1 is 1.10 bits per heavy atom. The van der Waals surface area contributed by atoms with Gasteiger partial charge in [0.1, 0.15) is 17.3 Å². The van der Waals surface area contributed by atoms with Gasteiger partial charge in [-0.25, -0.2) is 13.9 Å². The number of ether oxygens (including phenoxy) is 1. The minimum atomic E-state index is -0.702. The summed E-state index contributed by atoms with van der Waals surface area (Å²) in [6.07, 6.45) is 0.839.